The lowest BCUT2D eigenvalue weighted by Crippen LogP contribution is -2.19. The molecule has 3 nitrogen and oxygen atoms in total. The van der Waals surface area contributed by atoms with Crippen LogP contribution >= 0.6 is 23.2 Å². The van der Waals surface area contributed by atoms with Crippen molar-refractivity contribution in [3.8, 4) is 0 Å². The Morgan fingerprint density at radius 3 is 2.74 bits per heavy atom. The zero-order valence-corrected chi connectivity index (χ0v) is 11.9. The van der Waals surface area contributed by atoms with Gasteiger partial charge in [0.15, 0.2) is 0 Å². The summed E-state index contributed by atoms with van der Waals surface area (Å²) in [6, 6.07) is 3.73. The predicted molar refractivity (Wildman–Crippen MR) is 75.0 cm³/mol. The molecule has 0 fully saturated rings. The smallest absolute Gasteiger partial charge is 0.129 e. The van der Waals surface area contributed by atoms with Crippen LogP contribution < -0.4 is 5.73 Å². The van der Waals surface area contributed by atoms with Gasteiger partial charge in [0.05, 0.1) is 23.0 Å². The van der Waals surface area contributed by atoms with Crippen molar-refractivity contribution in [3.05, 3.63) is 51.5 Å². The van der Waals surface area contributed by atoms with E-state index < -0.39 is 11.9 Å². The van der Waals surface area contributed by atoms with Gasteiger partial charge in [-0.2, -0.15) is 5.10 Å². The van der Waals surface area contributed by atoms with E-state index in [1.54, 1.807) is 16.8 Å². The zero-order chi connectivity index (χ0) is 14.0. The normalized spacial score (nSPS) is 12.7. The SMILES string of the molecule is CCCn1ncc(Cl)c1C(N)c1c(F)cccc1Cl. The second kappa shape index (κ2) is 5.90. The van der Waals surface area contributed by atoms with Gasteiger partial charge in [-0.1, -0.05) is 36.2 Å². The van der Waals surface area contributed by atoms with E-state index in [1.165, 1.54) is 12.3 Å². The number of aromatic nitrogens is 2. The molecule has 102 valence electrons. The summed E-state index contributed by atoms with van der Waals surface area (Å²) in [5, 5.41) is 4.85. The van der Waals surface area contributed by atoms with Crippen LogP contribution in [0.15, 0.2) is 24.4 Å². The van der Waals surface area contributed by atoms with Crippen LogP contribution in [-0.4, -0.2) is 9.78 Å². The summed E-state index contributed by atoms with van der Waals surface area (Å²) in [5.74, 6) is -0.444. The molecule has 1 aromatic heterocycles. The second-order valence-electron chi connectivity index (χ2n) is 4.21. The van der Waals surface area contributed by atoms with Gasteiger partial charge in [0.25, 0.3) is 0 Å². The summed E-state index contributed by atoms with van der Waals surface area (Å²) < 4.78 is 15.6. The molecule has 0 saturated heterocycles. The van der Waals surface area contributed by atoms with Crippen molar-refractivity contribution >= 4 is 23.2 Å². The summed E-state index contributed by atoms with van der Waals surface area (Å²) in [6.07, 6.45) is 2.39. The molecule has 0 saturated carbocycles. The van der Waals surface area contributed by atoms with Gasteiger partial charge >= 0.3 is 0 Å². The Balaban J connectivity index is 2.50. The third-order valence-corrected chi connectivity index (χ3v) is 3.49. The average Bonchev–Trinajstić information content (AvgIpc) is 2.70. The lowest BCUT2D eigenvalue weighted by molar-refractivity contribution is 0.545. The standard InChI is InChI=1S/C13H14Cl2FN3/c1-2-6-19-13(9(15)7-18-19)12(17)11-8(14)4-3-5-10(11)16/h3-5,7,12H,2,6,17H2,1H3. The van der Waals surface area contributed by atoms with Gasteiger partial charge in [-0.05, 0) is 18.6 Å². The molecule has 0 aliphatic heterocycles. The molecule has 19 heavy (non-hydrogen) atoms. The van der Waals surface area contributed by atoms with Crippen LogP contribution in [-0.2, 0) is 6.54 Å². The molecule has 0 aliphatic rings. The number of benzene rings is 1. The van der Waals surface area contributed by atoms with Crippen molar-refractivity contribution in [1.29, 1.82) is 0 Å². The van der Waals surface area contributed by atoms with E-state index in [-0.39, 0.29) is 10.6 Å². The Bertz CT molecular complexity index is 563. The summed E-state index contributed by atoms with van der Waals surface area (Å²) in [4.78, 5) is 0. The number of hydrogen-bond donors (Lipinski definition) is 1. The van der Waals surface area contributed by atoms with Gasteiger partial charge in [-0.25, -0.2) is 4.39 Å². The van der Waals surface area contributed by atoms with Crippen LogP contribution in [0.4, 0.5) is 4.39 Å². The van der Waals surface area contributed by atoms with E-state index in [0.717, 1.165) is 6.42 Å². The highest BCUT2D eigenvalue weighted by Crippen LogP contribution is 2.32. The zero-order valence-electron chi connectivity index (χ0n) is 10.4. The molecule has 1 aromatic carbocycles. The average molecular weight is 302 g/mol. The first kappa shape index (κ1) is 14.3. The van der Waals surface area contributed by atoms with Crippen LogP contribution in [0.5, 0.6) is 0 Å². The number of halogens is 3. The molecule has 2 rings (SSSR count). The second-order valence-corrected chi connectivity index (χ2v) is 5.03. The maximum absolute atomic E-state index is 13.9. The molecule has 1 atom stereocenters. The third kappa shape index (κ3) is 2.76. The van der Waals surface area contributed by atoms with E-state index in [1.807, 2.05) is 6.92 Å². The largest absolute Gasteiger partial charge is 0.319 e. The molecular formula is C13H14Cl2FN3. The van der Waals surface area contributed by atoms with Crippen LogP contribution in [0.2, 0.25) is 10.0 Å². The van der Waals surface area contributed by atoms with Gasteiger partial charge < -0.3 is 5.73 Å². The van der Waals surface area contributed by atoms with E-state index >= 15 is 0 Å². The molecule has 2 aromatic rings. The lowest BCUT2D eigenvalue weighted by Gasteiger charge is -2.17. The molecule has 0 spiro atoms. The van der Waals surface area contributed by atoms with Crippen molar-refractivity contribution in [2.45, 2.75) is 25.9 Å². The maximum Gasteiger partial charge on any atom is 0.129 e. The number of rotatable bonds is 4. The van der Waals surface area contributed by atoms with Gasteiger partial charge in [-0.15, -0.1) is 0 Å². The Morgan fingerprint density at radius 1 is 1.37 bits per heavy atom. The van der Waals surface area contributed by atoms with Crippen LogP contribution in [0, 0.1) is 5.82 Å². The molecule has 6 heteroatoms. The van der Waals surface area contributed by atoms with Gasteiger partial charge in [0.2, 0.25) is 0 Å². The van der Waals surface area contributed by atoms with E-state index in [2.05, 4.69) is 5.10 Å². The Kier molecular flexibility index (Phi) is 4.45. The highest BCUT2D eigenvalue weighted by Gasteiger charge is 2.23. The lowest BCUT2D eigenvalue weighted by atomic mass is 10.0. The van der Waals surface area contributed by atoms with Crippen LogP contribution in [0.3, 0.4) is 0 Å². The first-order valence-electron chi connectivity index (χ1n) is 5.97. The van der Waals surface area contributed by atoms with E-state index in [9.17, 15) is 4.39 Å². The Labute approximate surface area is 121 Å². The molecule has 0 radical (unpaired) electrons. The minimum Gasteiger partial charge on any atom is -0.319 e. The van der Waals surface area contributed by atoms with Crippen molar-refractivity contribution in [3.63, 3.8) is 0 Å². The molecule has 0 amide bonds. The van der Waals surface area contributed by atoms with E-state index in [0.29, 0.717) is 17.3 Å². The summed E-state index contributed by atoms with van der Waals surface area (Å²) in [6.45, 7) is 2.68. The van der Waals surface area contributed by atoms with Crippen molar-refractivity contribution in [2.24, 2.45) is 5.73 Å². The summed E-state index contributed by atoms with van der Waals surface area (Å²) in [7, 11) is 0. The van der Waals surface area contributed by atoms with Crippen molar-refractivity contribution in [2.75, 3.05) is 0 Å². The third-order valence-electron chi connectivity index (χ3n) is 2.87. The minimum absolute atomic E-state index is 0.240. The molecular weight excluding hydrogens is 288 g/mol. The highest BCUT2D eigenvalue weighted by molar-refractivity contribution is 6.32. The topological polar surface area (TPSA) is 43.8 Å². The number of hydrogen-bond acceptors (Lipinski definition) is 2. The fourth-order valence-electron chi connectivity index (χ4n) is 2.02. The highest BCUT2D eigenvalue weighted by atomic mass is 35.5. The van der Waals surface area contributed by atoms with Gasteiger partial charge in [-0.3, -0.25) is 4.68 Å². The molecule has 1 unspecified atom stereocenters. The Hall–Kier alpha value is -1.10. The molecule has 0 aliphatic carbocycles. The van der Waals surface area contributed by atoms with Crippen molar-refractivity contribution < 1.29 is 4.39 Å². The molecule has 1 heterocycles. The van der Waals surface area contributed by atoms with Crippen LogP contribution in [0.1, 0.15) is 30.6 Å². The van der Waals surface area contributed by atoms with Gasteiger partial charge in [0.1, 0.15) is 5.82 Å². The first-order chi connectivity index (χ1) is 9.06. The molecule has 0 bridgehead atoms. The monoisotopic (exact) mass is 301 g/mol. The Morgan fingerprint density at radius 2 is 2.11 bits per heavy atom. The van der Waals surface area contributed by atoms with Gasteiger partial charge in [0, 0.05) is 17.1 Å². The summed E-state index contributed by atoms with van der Waals surface area (Å²) >= 11 is 12.1. The van der Waals surface area contributed by atoms with E-state index in [4.69, 9.17) is 28.9 Å². The predicted octanol–water partition coefficient (Wildman–Crippen LogP) is 3.79. The number of nitrogens with two attached hydrogens (primary N) is 1. The first-order valence-corrected chi connectivity index (χ1v) is 6.72. The fraction of sp³-hybridized carbons (Fsp3) is 0.308. The number of aryl methyl sites for hydroxylation is 1. The fourth-order valence-corrected chi connectivity index (χ4v) is 2.55. The summed E-state index contributed by atoms with van der Waals surface area (Å²) in [5.41, 5.74) is 6.94. The quantitative estimate of drug-likeness (QED) is 0.934. The van der Waals surface area contributed by atoms with Crippen molar-refractivity contribution in [1.82, 2.24) is 9.78 Å². The van der Waals surface area contributed by atoms with Crippen LogP contribution in [0.25, 0.3) is 0 Å². The minimum atomic E-state index is -0.741. The number of nitrogens with zero attached hydrogens (tertiary/aromatic N) is 2. The molecule has 2 N–H and O–H groups in total. The maximum atomic E-state index is 13.9.